The van der Waals surface area contributed by atoms with E-state index in [-0.39, 0.29) is 19.2 Å². The summed E-state index contributed by atoms with van der Waals surface area (Å²) in [5.41, 5.74) is 6.07. The van der Waals surface area contributed by atoms with E-state index in [2.05, 4.69) is 15.3 Å². The first kappa shape index (κ1) is 22.1. The lowest BCUT2D eigenvalue weighted by Gasteiger charge is -2.14. The van der Waals surface area contributed by atoms with Gasteiger partial charge in [-0.25, -0.2) is 14.5 Å². The van der Waals surface area contributed by atoms with E-state index < -0.39 is 5.97 Å². The molecule has 31 heavy (non-hydrogen) atoms. The van der Waals surface area contributed by atoms with E-state index >= 15 is 0 Å². The number of aromatic nitrogens is 4. The Kier molecular flexibility index (Phi) is 6.79. The van der Waals surface area contributed by atoms with Crippen LogP contribution in [0.15, 0.2) is 30.3 Å². The zero-order valence-electron chi connectivity index (χ0n) is 18.4. The highest BCUT2D eigenvalue weighted by Crippen LogP contribution is 2.30. The lowest BCUT2D eigenvalue weighted by atomic mass is 9.95. The molecular formula is C23H26N4O4. The number of carbonyl (C=O) groups is 2. The Hall–Kier alpha value is -3.55. The standard InChI is InChI=1S/C23H26N4O4/c1-6-27-21-11-9-17(15(4)23(21)25-26-27)18(12-22(29)30-7-2)19-10-8-14(3)20(24-19)13-31-16(5)28/h8-12H,6-7,13H2,1-5H3/b18-12+. The Labute approximate surface area is 180 Å². The molecule has 0 atom stereocenters. The molecule has 2 heterocycles. The van der Waals surface area contributed by atoms with Gasteiger partial charge in [0.25, 0.3) is 0 Å². The molecule has 8 heteroatoms. The first-order chi connectivity index (χ1) is 14.8. The topological polar surface area (TPSA) is 96.2 Å². The van der Waals surface area contributed by atoms with Crippen molar-refractivity contribution < 1.29 is 19.1 Å². The van der Waals surface area contributed by atoms with Gasteiger partial charge in [0, 0.05) is 25.1 Å². The van der Waals surface area contributed by atoms with Gasteiger partial charge in [0.2, 0.25) is 0 Å². The second-order valence-electron chi connectivity index (χ2n) is 7.06. The molecule has 3 rings (SSSR count). The van der Waals surface area contributed by atoms with Crippen molar-refractivity contribution in [2.75, 3.05) is 6.61 Å². The maximum atomic E-state index is 12.4. The minimum Gasteiger partial charge on any atom is -0.463 e. The average molecular weight is 422 g/mol. The molecule has 0 amide bonds. The molecule has 0 fully saturated rings. The first-order valence-electron chi connectivity index (χ1n) is 10.2. The fourth-order valence-corrected chi connectivity index (χ4v) is 3.32. The van der Waals surface area contributed by atoms with E-state index in [1.165, 1.54) is 13.0 Å². The maximum Gasteiger partial charge on any atom is 0.331 e. The highest BCUT2D eigenvalue weighted by Gasteiger charge is 2.18. The van der Waals surface area contributed by atoms with Gasteiger partial charge < -0.3 is 9.47 Å². The number of pyridine rings is 1. The van der Waals surface area contributed by atoms with Crippen LogP contribution in [0.2, 0.25) is 0 Å². The number of rotatable bonds is 7. The van der Waals surface area contributed by atoms with Crippen molar-refractivity contribution in [3.05, 3.63) is 58.4 Å². The zero-order valence-corrected chi connectivity index (χ0v) is 18.4. The zero-order chi connectivity index (χ0) is 22.5. The molecule has 0 aliphatic rings. The fourth-order valence-electron chi connectivity index (χ4n) is 3.32. The highest BCUT2D eigenvalue weighted by molar-refractivity contribution is 5.98. The molecular weight excluding hydrogens is 396 g/mol. The number of ether oxygens (including phenoxy) is 2. The van der Waals surface area contributed by atoms with Gasteiger partial charge in [-0.05, 0) is 56.5 Å². The molecule has 0 aliphatic heterocycles. The lowest BCUT2D eigenvalue weighted by molar-refractivity contribution is -0.142. The van der Waals surface area contributed by atoms with E-state index in [4.69, 9.17) is 9.47 Å². The van der Waals surface area contributed by atoms with Crippen molar-refractivity contribution in [3.63, 3.8) is 0 Å². The highest BCUT2D eigenvalue weighted by atomic mass is 16.5. The number of carbonyl (C=O) groups excluding carboxylic acids is 2. The van der Waals surface area contributed by atoms with Crippen molar-refractivity contribution in [3.8, 4) is 0 Å². The van der Waals surface area contributed by atoms with E-state index in [9.17, 15) is 9.59 Å². The van der Waals surface area contributed by atoms with Crippen molar-refractivity contribution in [1.82, 2.24) is 20.0 Å². The second kappa shape index (κ2) is 9.51. The molecule has 162 valence electrons. The van der Waals surface area contributed by atoms with Gasteiger partial charge >= 0.3 is 11.9 Å². The molecule has 0 spiro atoms. The number of aryl methyl sites for hydroxylation is 3. The number of hydrogen-bond donors (Lipinski definition) is 0. The third kappa shape index (κ3) is 4.79. The Balaban J connectivity index is 2.15. The number of hydrogen-bond acceptors (Lipinski definition) is 7. The summed E-state index contributed by atoms with van der Waals surface area (Å²) in [5.74, 6) is -0.840. The van der Waals surface area contributed by atoms with Gasteiger partial charge in [0.05, 0.1) is 23.5 Å². The lowest BCUT2D eigenvalue weighted by Crippen LogP contribution is -2.07. The van der Waals surface area contributed by atoms with Crippen LogP contribution in [0.1, 0.15) is 48.8 Å². The molecule has 0 N–H and O–H groups in total. The second-order valence-corrected chi connectivity index (χ2v) is 7.06. The molecule has 2 aromatic heterocycles. The third-order valence-electron chi connectivity index (χ3n) is 4.97. The number of fused-ring (bicyclic) bond motifs is 1. The Morgan fingerprint density at radius 2 is 1.87 bits per heavy atom. The van der Waals surface area contributed by atoms with Gasteiger partial charge in [0.15, 0.2) is 0 Å². The number of nitrogens with zero attached hydrogens (tertiary/aromatic N) is 4. The van der Waals surface area contributed by atoms with Gasteiger partial charge in [-0.1, -0.05) is 17.3 Å². The average Bonchev–Trinajstić information content (AvgIpc) is 3.16. The first-order valence-corrected chi connectivity index (χ1v) is 10.2. The summed E-state index contributed by atoms with van der Waals surface area (Å²) in [7, 11) is 0. The monoisotopic (exact) mass is 422 g/mol. The van der Waals surface area contributed by atoms with Crippen LogP contribution in [0.3, 0.4) is 0 Å². The van der Waals surface area contributed by atoms with Gasteiger partial charge in [0.1, 0.15) is 12.1 Å². The quantitative estimate of drug-likeness (QED) is 0.424. The van der Waals surface area contributed by atoms with E-state index in [0.29, 0.717) is 23.5 Å². The van der Waals surface area contributed by atoms with Crippen LogP contribution in [-0.4, -0.2) is 38.5 Å². The van der Waals surface area contributed by atoms with Crippen LogP contribution in [0, 0.1) is 13.8 Å². The molecule has 0 saturated heterocycles. The minimum atomic E-state index is -0.460. The summed E-state index contributed by atoms with van der Waals surface area (Å²) in [4.78, 5) is 28.3. The van der Waals surface area contributed by atoms with E-state index in [0.717, 1.165) is 27.7 Å². The summed E-state index contributed by atoms with van der Waals surface area (Å²) >= 11 is 0. The SMILES string of the molecule is CCOC(=O)/C=C(/c1ccc(C)c(COC(C)=O)n1)c1ccc2c(nnn2CC)c1C. The van der Waals surface area contributed by atoms with Gasteiger partial charge in [-0.2, -0.15) is 0 Å². The maximum absolute atomic E-state index is 12.4. The van der Waals surface area contributed by atoms with Crippen LogP contribution in [-0.2, 0) is 32.2 Å². The molecule has 0 radical (unpaired) electrons. The number of esters is 2. The number of benzene rings is 1. The van der Waals surface area contributed by atoms with E-state index in [1.807, 2.05) is 49.7 Å². The predicted octanol–water partition coefficient (Wildman–Crippen LogP) is 3.52. The molecule has 1 aromatic carbocycles. The van der Waals surface area contributed by atoms with Crippen LogP contribution in [0.4, 0.5) is 0 Å². The Bertz CT molecular complexity index is 1160. The van der Waals surface area contributed by atoms with Gasteiger partial charge in [-0.3, -0.25) is 4.79 Å². The normalized spacial score (nSPS) is 11.6. The van der Waals surface area contributed by atoms with Crippen molar-refractivity contribution in [2.24, 2.45) is 0 Å². The van der Waals surface area contributed by atoms with Crippen LogP contribution in [0.5, 0.6) is 0 Å². The molecule has 0 aliphatic carbocycles. The van der Waals surface area contributed by atoms with Crippen LogP contribution < -0.4 is 0 Å². The van der Waals surface area contributed by atoms with Crippen molar-refractivity contribution >= 4 is 28.5 Å². The summed E-state index contributed by atoms with van der Waals surface area (Å²) in [6.07, 6.45) is 1.44. The molecule has 8 nitrogen and oxygen atoms in total. The minimum absolute atomic E-state index is 0.0601. The largest absolute Gasteiger partial charge is 0.463 e. The fraction of sp³-hybridized carbons (Fsp3) is 0.348. The molecule has 0 bridgehead atoms. The van der Waals surface area contributed by atoms with Crippen LogP contribution >= 0.6 is 0 Å². The van der Waals surface area contributed by atoms with Crippen molar-refractivity contribution in [1.29, 1.82) is 0 Å². The molecule has 0 unspecified atom stereocenters. The van der Waals surface area contributed by atoms with Crippen molar-refractivity contribution in [2.45, 2.75) is 47.8 Å². The smallest absolute Gasteiger partial charge is 0.331 e. The summed E-state index contributed by atoms with van der Waals surface area (Å²) < 4.78 is 12.1. The van der Waals surface area contributed by atoms with Crippen LogP contribution in [0.25, 0.3) is 16.6 Å². The van der Waals surface area contributed by atoms with Gasteiger partial charge in [-0.15, -0.1) is 5.10 Å². The Morgan fingerprint density at radius 3 is 2.55 bits per heavy atom. The summed E-state index contributed by atoms with van der Waals surface area (Å²) in [5, 5.41) is 8.51. The molecule has 0 saturated carbocycles. The molecule has 3 aromatic rings. The Morgan fingerprint density at radius 1 is 1.10 bits per heavy atom. The van der Waals surface area contributed by atoms with E-state index in [1.54, 1.807) is 6.92 Å². The summed E-state index contributed by atoms with van der Waals surface area (Å²) in [6, 6.07) is 7.60. The predicted molar refractivity (Wildman–Crippen MR) is 116 cm³/mol. The third-order valence-corrected chi connectivity index (χ3v) is 4.97. The summed E-state index contributed by atoms with van der Waals surface area (Å²) in [6.45, 7) is 9.99.